The number of aliphatic carboxylic acids is 1. The van der Waals surface area contributed by atoms with Gasteiger partial charge in [-0.3, -0.25) is 4.79 Å². The summed E-state index contributed by atoms with van der Waals surface area (Å²) in [6.45, 7) is 2.23. The van der Waals surface area contributed by atoms with E-state index in [1.165, 1.54) is 12.8 Å². The van der Waals surface area contributed by atoms with Crippen LogP contribution in [0.2, 0.25) is 0 Å². The minimum absolute atomic E-state index is 0.102. The van der Waals surface area contributed by atoms with Gasteiger partial charge in [-0.2, -0.15) is 0 Å². The number of hydrogen-bond acceptors (Lipinski definition) is 2. The van der Waals surface area contributed by atoms with E-state index >= 15 is 0 Å². The first-order valence-electron chi connectivity index (χ1n) is 6.19. The van der Waals surface area contributed by atoms with Crippen molar-refractivity contribution in [2.24, 2.45) is 11.8 Å². The molecule has 86 valence electrons. The Labute approximate surface area is 91.2 Å². The van der Waals surface area contributed by atoms with Crippen molar-refractivity contribution in [2.75, 3.05) is 0 Å². The summed E-state index contributed by atoms with van der Waals surface area (Å²) in [5, 5.41) is 12.6. The van der Waals surface area contributed by atoms with Gasteiger partial charge in [0.1, 0.15) is 0 Å². The molecule has 3 heteroatoms. The molecule has 0 aliphatic heterocycles. The maximum Gasteiger partial charge on any atom is 0.306 e. The van der Waals surface area contributed by atoms with E-state index in [1.54, 1.807) is 0 Å². The first kappa shape index (κ1) is 10.9. The smallest absolute Gasteiger partial charge is 0.306 e. The summed E-state index contributed by atoms with van der Waals surface area (Å²) in [5.74, 6) is 0.148. The molecule has 2 saturated carbocycles. The van der Waals surface area contributed by atoms with Crippen LogP contribution in [0, 0.1) is 11.8 Å². The Hall–Kier alpha value is -0.570. The fourth-order valence-corrected chi connectivity index (χ4v) is 2.77. The molecule has 3 nitrogen and oxygen atoms in total. The standard InChI is InChI=1S/C12H21NO2/c1-2-8-7-11(8)13-10-5-3-4-9(6-10)12(14)15/h8-11,13H,2-7H2,1H3,(H,14,15). The summed E-state index contributed by atoms with van der Waals surface area (Å²) in [6, 6.07) is 1.15. The fourth-order valence-electron chi connectivity index (χ4n) is 2.77. The van der Waals surface area contributed by atoms with Crippen LogP contribution in [0.3, 0.4) is 0 Å². The zero-order valence-corrected chi connectivity index (χ0v) is 9.41. The number of carbonyl (C=O) groups is 1. The SMILES string of the molecule is CCC1CC1NC1CCCC(C(=O)O)C1. The van der Waals surface area contributed by atoms with Crippen molar-refractivity contribution in [3.63, 3.8) is 0 Å². The van der Waals surface area contributed by atoms with Crippen LogP contribution < -0.4 is 5.32 Å². The molecule has 0 heterocycles. The summed E-state index contributed by atoms with van der Waals surface area (Å²) in [7, 11) is 0. The van der Waals surface area contributed by atoms with Crippen molar-refractivity contribution < 1.29 is 9.90 Å². The third-order valence-corrected chi connectivity index (χ3v) is 3.92. The fraction of sp³-hybridized carbons (Fsp3) is 0.917. The third kappa shape index (κ3) is 2.71. The van der Waals surface area contributed by atoms with Crippen molar-refractivity contribution in [3.8, 4) is 0 Å². The topological polar surface area (TPSA) is 49.3 Å². The molecule has 2 aliphatic carbocycles. The Morgan fingerprint density at radius 2 is 2.20 bits per heavy atom. The quantitative estimate of drug-likeness (QED) is 0.748. The molecule has 4 unspecified atom stereocenters. The minimum atomic E-state index is -0.607. The molecule has 4 atom stereocenters. The molecular weight excluding hydrogens is 190 g/mol. The van der Waals surface area contributed by atoms with Crippen LogP contribution in [0.5, 0.6) is 0 Å². The Bertz CT molecular complexity index is 242. The molecule has 15 heavy (non-hydrogen) atoms. The van der Waals surface area contributed by atoms with Gasteiger partial charge in [-0.15, -0.1) is 0 Å². The predicted octanol–water partition coefficient (Wildman–Crippen LogP) is 2.02. The van der Waals surface area contributed by atoms with E-state index in [0.29, 0.717) is 12.1 Å². The van der Waals surface area contributed by atoms with Gasteiger partial charge in [-0.05, 0) is 31.6 Å². The van der Waals surface area contributed by atoms with E-state index in [9.17, 15) is 4.79 Å². The minimum Gasteiger partial charge on any atom is -0.481 e. The number of carboxylic acid groups (broad SMARTS) is 1. The van der Waals surface area contributed by atoms with Crippen LogP contribution in [0.4, 0.5) is 0 Å². The first-order valence-corrected chi connectivity index (χ1v) is 6.19. The lowest BCUT2D eigenvalue weighted by Crippen LogP contribution is -2.38. The normalized spacial score (nSPS) is 40.1. The van der Waals surface area contributed by atoms with Gasteiger partial charge in [-0.25, -0.2) is 0 Å². The van der Waals surface area contributed by atoms with Gasteiger partial charge in [-0.1, -0.05) is 19.8 Å². The average Bonchev–Trinajstić information content (AvgIpc) is 2.97. The molecule has 0 amide bonds. The van der Waals surface area contributed by atoms with Crippen LogP contribution in [-0.4, -0.2) is 23.2 Å². The molecule has 2 fully saturated rings. The van der Waals surface area contributed by atoms with Crippen molar-refractivity contribution in [1.82, 2.24) is 5.32 Å². The highest BCUT2D eigenvalue weighted by molar-refractivity contribution is 5.70. The Morgan fingerprint density at radius 1 is 1.40 bits per heavy atom. The third-order valence-electron chi connectivity index (χ3n) is 3.92. The van der Waals surface area contributed by atoms with E-state index in [0.717, 1.165) is 31.6 Å². The maximum atomic E-state index is 10.9. The Kier molecular flexibility index (Phi) is 3.29. The van der Waals surface area contributed by atoms with Crippen LogP contribution in [0.25, 0.3) is 0 Å². The summed E-state index contributed by atoms with van der Waals surface area (Å²) in [5.41, 5.74) is 0. The first-order chi connectivity index (χ1) is 7.20. The predicted molar refractivity (Wildman–Crippen MR) is 58.7 cm³/mol. The molecule has 2 N–H and O–H groups in total. The van der Waals surface area contributed by atoms with Gasteiger partial charge in [0.25, 0.3) is 0 Å². The lowest BCUT2D eigenvalue weighted by atomic mass is 9.86. The highest BCUT2D eigenvalue weighted by Crippen LogP contribution is 2.35. The molecule has 0 bridgehead atoms. The van der Waals surface area contributed by atoms with Crippen molar-refractivity contribution in [3.05, 3.63) is 0 Å². The average molecular weight is 211 g/mol. The highest BCUT2D eigenvalue weighted by Gasteiger charge is 2.38. The monoisotopic (exact) mass is 211 g/mol. The van der Waals surface area contributed by atoms with Gasteiger partial charge >= 0.3 is 5.97 Å². The van der Waals surface area contributed by atoms with Gasteiger partial charge in [0.05, 0.1) is 5.92 Å². The highest BCUT2D eigenvalue weighted by atomic mass is 16.4. The molecule has 0 aromatic heterocycles. The zero-order chi connectivity index (χ0) is 10.8. The number of nitrogens with one attached hydrogen (secondary N) is 1. The molecule has 2 aliphatic rings. The molecule has 0 aromatic rings. The van der Waals surface area contributed by atoms with Crippen LogP contribution in [0.1, 0.15) is 45.4 Å². The van der Waals surface area contributed by atoms with E-state index in [-0.39, 0.29) is 5.92 Å². The Balaban J connectivity index is 1.76. The Morgan fingerprint density at radius 3 is 2.80 bits per heavy atom. The summed E-state index contributed by atoms with van der Waals surface area (Å²) in [6.07, 6.45) is 6.49. The number of rotatable bonds is 4. The van der Waals surface area contributed by atoms with E-state index in [1.807, 2.05) is 0 Å². The molecule has 0 spiro atoms. The summed E-state index contributed by atoms with van der Waals surface area (Å²) < 4.78 is 0. The van der Waals surface area contributed by atoms with E-state index < -0.39 is 5.97 Å². The second kappa shape index (κ2) is 4.52. The van der Waals surface area contributed by atoms with Crippen LogP contribution in [0.15, 0.2) is 0 Å². The van der Waals surface area contributed by atoms with Crippen molar-refractivity contribution in [2.45, 2.75) is 57.5 Å². The van der Waals surface area contributed by atoms with Crippen molar-refractivity contribution >= 4 is 5.97 Å². The summed E-state index contributed by atoms with van der Waals surface area (Å²) in [4.78, 5) is 10.9. The van der Waals surface area contributed by atoms with E-state index in [4.69, 9.17) is 5.11 Å². The molecule has 0 aromatic carbocycles. The second-order valence-electron chi connectivity index (χ2n) is 5.08. The van der Waals surface area contributed by atoms with E-state index in [2.05, 4.69) is 12.2 Å². The largest absolute Gasteiger partial charge is 0.481 e. The number of hydrogen-bond donors (Lipinski definition) is 2. The van der Waals surface area contributed by atoms with Gasteiger partial charge in [0, 0.05) is 12.1 Å². The lowest BCUT2D eigenvalue weighted by molar-refractivity contribution is -0.143. The molecule has 2 rings (SSSR count). The maximum absolute atomic E-state index is 10.9. The van der Waals surface area contributed by atoms with Crippen molar-refractivity contribution in [1.29, 1.82) is 0 Å². The molecular formula is C12H21NO2. The molecule has 0 radical (unpaired) electrons. The van der Waals surface area contributed by atoms with Gasteiger partial charge in [0.2, 0.25) is 0 Å². The van der Waals surface area contributed by atoms with Crippen LogP contribution in [-0.2, 0) is 4.79 Å². The lowest BCUT2D eigenvalue weighted by Gasteiger charge is -2.27. The molecule has 0 saturated heterocycles. The van der Waals surface area contributed by atoms with Gasteiger partial charge < -0.3 is 10.4 Å². The second-order valence-corrected chi connectivity index (χ2v) is 5.08. The zero-order valence-electron chi connectivity index (χ0n) is 9.41. The van der Waals surface area contributed by atoms with Crippen LogP contribution >= 0.6 is 0 Å². The summed E-state index contributed by atoms with van der Waals surface area (Å²) >= 11 is 0. The van der Waals surface area contributed by atoms with Gasteiger partial charge in [0.15, 0.2) is 0 Å². The number of carboxylic acids is 1.